The molecule has 0 radical (unpaired) electrons. The van der Waals surface area contributed by atoms with Gasteiger partial charge in [0.2, 0.25) is 0 Å². The molecule has 0 unspecified atom stereocenters. The van der Waals surface area contributed by atoms with Crippen molar-refractivity contribution in [2.24, 2.45) is 5.92 Å². The predicted molar refractivity (Wildman–Crippen MR) is 39.8 cm³/mol. The fourth-order valence-electron chi connectivity index (χ4n) is 0.666. The lowest BCUT2D eigenvalue weighted by molar-refractivity contribution is -0.139. The Morgan fingerprint density at radius 1 is 1.64 bits per heavy atom. The van der Waals surface area contributed by atoms with Crippen LogP contribution in [0.25, 0.3) is 0 Å². The molecule has 1 aliphatic carbocycles. The summed E-state index contributed by atoms with van der Waals surface area (Å²) in [7, 11) is 1.59. The average Bonchev–Trinajstić information content (AvgIpc) is 2.79. The zero-order valence-electron chi connectivity index (χ0n) is 6.58. The lowest BCUT2D eigenvalue weighted by atomic mass is 10.4. The zero-order valence-corrected chi connectivity index (χ0v) is 6.58. The molecule has 1 rings (SSSR count). The molecule has 0 saturated heterocycles. The highest BCUT2D eigenvalue weighted by Crippen LogP contribution is 2.29. The van der Waals surface area contributed by atoms with Crippen LogP contribution in [0.4, 0.5) is 0 Å². The fraction of sp³-hybridized carbons (Fsp3) is 0.625. The molecule has 0 aromatic carbocycles. The Morgan fingerprint density at radius 3 is 2.91 bits per heavy atom. The van der Waals surface area contributed by atoms with Crippen molar-refractivity contribution in [1.29, 1.82) is 0 Å². The summed E-state index contributed by atoms with van der Waals surface area (Å²) in [6, 6.07) is 0. The van der Waals surface area contributed by atoms with Gasteiger partial charge in [-0.05, 0) is 18.9 Å². The third kappa shape index (κ3) is 3.18. The van der Waals surface area contributed by atoms with E-state index in [2.05, 4.69) is 0 Å². The van der Waals surface area contributed by atoms with Crippen molar-refractivity contribution in [2.45, 2.75) is 12.8 Å². The van der Waals surface area contributed by atoms with Gasteiger partial charge < -0.3 is 9.47 Å². The molecule has 0 aromatic heterocycles. The highest BCUT2D eigenvalue weighted by atomic mass is 16.5. The molecule has 0 aromatic rings. The molecule has 0 atom stereocenters. The van der Waals surface area contributed by atoms with E-state index in [9.17, 15) is 4.79 Å². The number of hydrogen-bond donors (Lipinski definition) is 0. The molecule has 0 heterocycles. The van der Waals surface area contributed by atoms with Gasteiger partial charge in [0.25, 0.3) is 0 Å². The van der Waals surface area contributed by atoms with E-state index in [-0.39, 0.29) is 11.9 Å². The summed E-state index contributed by atoms with van der Waals surface area (Å²) in [6.45, 7) is 0.484. The highest BCUT2D eigenvalue weighted by molar-refractivity contribution is 5.75. The van der Waals surface area contributed by atoms with Crippen LogP contribution in [0.15, 0.2) is 12.3 Å². The number of carbonyl (C=O) groups is 1. The van der Waals surface area contributed by atoms with Crippen molar-refractivity contribution in [3.05, 3.63) is 12.3 Å². The minimum Gasteiger partial charge on any atom is -0.435 e. The molecule has 11 heavy (non-hydrogen) atoms. The van der Waals surface area contributed by atoms with Crippen LogP contribution >= 0.6 is 0 Å². The third-order valence-electron chi connectivity index (χ3n) is 1.45. The van der Waals surface area contributed by atoms with E-state index in [1.165, 1.54) is 6.26 Å². The average molecular weight is 156 g/mol. The number of ether oxygens (including phenoxy) is 2. The molecule has 3 heteroatoms. The summed E-state index contributed by atoms with van der Waals surface area (Å²) in [5.74, 6) is 0.0551. The first kappa shape index (κ1) is 8.27. The molecular weight excluding hydrogens is 144 g/mol. The van der Waals surface area contributed by atoms with Crippen LogP contribution in [-0.4, -0.2) is 19.7 Å². The van der Waals surface area contributed by atoms with E-state index >= 15 is 0 Å². The maximum Gasteiger partial charge on any atom is 0.313 e. The van der Waals surface area contributed by atoms with E-state index in [1.807, 2.05) is 0 Å². The summed E-state index contributed by atoms with van der Waals surface area (Å²) < 4.78 is 9.49. The number of esters is 1. The summed E-state index contributed by atoms with van der Waals surface area (Å²) in [5.41, 5.74) is 0. The summed E-state index contributed by atoms with van der Waals surface area (Å²) >= 11 is 0. The van der Waals surface area contributed by atoms with Crippen LogP contribution in [0.1, 0.15) is 12.8 Å². The third-order valence-corrected chi connectivity index (χ3v) is 1.45. The Kier molecular flexibility index (Phi) is 3.11. The van der Waals surface area contributed by atoms with Gasteiger partial charge >= 0.3 is 5.97 Å². The SMILES string of the molecule is COCC=COC(=O)C1CC1. The topological polar surface area (TPSA) is 35.5 Å². The number of methoxy groups -OCH3 is 1. The van der Waals surface area contributed by atoms with Crippen LogP contribution in [0.5, 0.6) is 0 Å². The van der Waals surface area contributed by atoms with Crippen molar-refractivity contribution in [2.75, 3.05) is 13.7 Å². The molecule has 0 spiro atoms. The molecule has 1 saturated carbocycles. The van der Waals surface area contributed by atoms with E-state index in [0.717, 1.165) is 12.8 Å². The maximum absolute atomic E-state index is 10.9. The summed E-state index contributed by atoms with van der Waals surface area (Å²) in [5, 5.41) is 0. The van der Waals surface area contributed by atoms with Crippen LogP contribution in [0.2, 0.25) is 0 Å². The van der Waals surface area contributed by atoms with Gasteiger partial charge in [0.15, 0.2) is 0 Å². The van der Waals surface area contributed by atoms with Crippen LogP contribution in [0, 0.1) is 5.92 Å². The summed E-state index contributed by atoms with van der Waals surface area (Å²) in [4.78, 5) is 10.9. The van der Waals surface area contributed by atoms with E-state index in [1.54, 1.807) is 13.2 Å². The fourth-order valence-corrected chi connectivity index (χ4v) is 0.666. The highest BCUT2D eigenvalue weighted by Gasteiger charge is 2.30. The van der Waals surface area contributed by atoms with Crippen LogP contribution < -0.4 is 0 Å². The van der Waals surface area contributed by atoms with Crippen molar-refractivity contribution >= 4 is 5.97 Å². The van der Waals surface area contributed by atoms with Gasteiger partial charge in [-0.15, -0.1) is 0 Å². The lowest BCUT2D eigenvalue weighted by Gasteiger charge is -1.94. The summed E-state index contributed by atoms with van der Waals surface area (Å²) in [6.07, 6.45) is 5.03. The van der Waals surface area contributed by atoms with Crippen LogP contribution in [-0.2, 0) is 14.3 Å². The van der Waals surface area contributed by atoms with Gasteiger partial charge in [-0.25, -0.2) is 0 Å². The largest absolute Gasteiger partial charge is 0.435 e. The number of hydrogen-bond acceptors (Lipinski definition) is 3. The predicted octanol–water partition coefficient (Wildman–Crippen LogP) is 1.10. The molecule has 1 aliphatic rings. The Labute approximate surface area is 66.0 Å². The van der Waals surface area contributed by atoms with Crippen molar-refractivity contribution in [3.8, 4) is 0 Å². The molecule has 0 N–H and O–H groups in total. The molecular formula is C8H12O3. The molecule has 3 nitrogen and oxygen atoms in total. The molecule has 0 bridgehead atoms. The Hall–Kier alpha value is -0.830. The Morgan fingerprint density at radius 2 is 2.36 bits per heavy atom. The second-order valence-corrected chi connectivity index (χ2v) is 2.54. The van der Waals surface area contributed by atoms with E-state index < -0.39 is 0 Å². The first-order chi connectivity index (χ1) is 5.34. The second-order valence-electron chi connectivity index (χ2n) is 2.54. The van der Waals surface area contributed by atoms with Crippen molar-refractivity contribution in [3.63, 3.8) is 0 Å². The zero-order chi connectivity index (χ0) is 8.10. The first-order valence-electron chi connectivity index (χ1n) is 3.69. The smallest absolute Gasteiger partial charge is 0.313 e. The second kappa shape index (κ2) is 4.13. The molecule has 0 aliphatic heterocycles. The van der Waals surface area contributed by atoms with Crippen LogP contribution in [0.3, 0.4) is 0 Å². The van der Waals surface area contributed by atoms with Gasteiger partial charge in [0, 0.05) is 7.11 Å². The van der Waals surface area contributed by atoms with Crippen molar-refractivity contribution in [1.82, 2.24) is 0 Å². The van der Waals surface area contributed by atoms with Gasteiger partial charge in [-0.3, -0.25) is 4.79 Å². The maximum atomic E-state index is 10.9. The first-order valence-corrected chi connectivity index (χ1v) is 3.69. The van der Waals surface area contributed by atoms with Gasteiger partial charge in [-0.2, -0.15) is 0 Å². The van der Waals surface area contributed by atoms with Gasteiger partial charge in [0.05, 0.1) is 18.8 Å². The Bertz CT molecular complexity index is 159. The normalized spacial score (nSPS) is 17.2. The van der Waals surface area contributed by atoms with Crippen molar-refractivity contribution < 1.29 is 14.3 Å². The standard InChI is InChI=1S/C8H12O3/c1-10-5-2-6-11-8(9)7-3-4-7/h2,6-7H,3-5H2,1H3. The Balaban J connectivity index is 2.05. The molecule has 62 valence electrons. The minimum absolute atomic E-state index is 0.114. The van der Waals surface area contributed by atoms with Gasteiger partial charge in [0.1, 0.15) is 0 Å². The number of rotatable bonds is 4. The monoisotopic (exact) mass is 156 g/mol. The van der Waals surface area contributed by atoms with E-state index in [0.29, 0.717) is 6.61 Å². The molecule has 1 fully saturated rings. The van der Waals surface area contributed by atoms with Gasteiger partial charge in [-0.1, -0.05) is 0 Å². The van der Waals surface area contributed by atoms with E-state index in [4.69, 9.17) is 9.47 Å². The molecule has 0 amide bonds. The number of carbonyl (C=O) groups excluding carboxylic acids is 1. The minimum atomic E-state index is -0.114. The lowest BCUT2D eigenvalue weighted by Crippen LogP contribution is -2.01. The quantitative estimate of drug-likeness (QED) is 0.451.